The number of aromatic nitrogens is 1. The van der Waals surface area contributed by atoms with E-state index < -0.39 is 11.6 Å². The normalized spacial score (nSPS) is 15.8. The summed E-state index contributed by atoms with van der Waals surface area (Å²) < 4.78 is 0. The first kappa shape index (κ1) is 8.16. The third-order valence-electron chi connectivity index (χ3n) is 1.27. The van der Waals surface area contributed by atoms with Crippen molar-refractivity contribution in [2.24, 2.45) is 0 Å². The van der Waals surface area contributed by atoms with Crippen LogP contribution in [0.25, 0.3) is 0 Å². The summed E-state index contributed by atoms with van der Waals surface area (Å²) in [4.78, 5) is 14.1. The van der Waals surface area contributed by atoms with Crippen LogP contribution in [0.2, 0.25) is 0 Å². The Hall–Kier alpha value is -0.940. The van der Waals surface area contributed by atoms with Crippen LogP contribution in [0.5, 0.6) is 0 Å². The first-order valence-corrected chi connectivity index (χ1v) is 3.79. The van der Waals surface area contributed by atoms with Crippen molar-refractivity contribution < 1.29 is 15.0 Å². The van der Waals surface area contributed by atoms with Crippen molar-refractivity contribution in [2.75, 3.05) is 0 Å². The minimum atomic E-state index is -1.85. The Morgan fingerprint density at radius 3 is 2.82 bits per heavy atom. The third kappa shape index (κ3) is 1.38. The maximum absolute atomic E-state index is 10.4. The van der Waals surface area contributed by atoms with Gasteiger partial charge >= 0.3 is 5.97 Å². The minimum absolute atomic E-state index is 0.199. The van der Waals surface area contributed by atoms with Gasteiger partial charge in [0.15, 0.2) is 0 Å². The highest BCUT2D eigenvalue weighted by molar-refractivity contribution is 7.09. The lowest BCUT2D eigenvalue weighted by atomic mass is 10.1. The van der Waals surface area contributed by atoms with Crippen LogP contribution >= 0.6 is 11.3 Å². The minimum Gasteiger partial charge on any atom is -0.479 e. The topological polar surface area (TPSA) is 70.4 Å². The van der Waals surface area contributed by atoms with Crippen LogP contribution in [-0.2, 0) is 10.4 Å². The summed E-state index contributed by atoms with van der Waals surface area (Å²) in [5.41, 5.74) is -1.85. The smallest absolute Gasteiger partial charge is 0.342 e. The maximum Gasteiger partial charge on any atom is 0.342 e. The van der Waals surface area contributed by atoms with Gasteiger partial charge in [-0.15, -0.1) is 11.3 Å². The summed E-state index contributed by atoms with van der Waals surface area (Å²) in [5, 5.41) is 19.6. The average molecular weight is 173 g/mol. The Morgan fingerprint density at radius 2 is 2.45 bits per heavy atom. The number of hydrogen-bond donors (Lipinski definition) is 2. The van der Waals surface area contributed by atoms with E-state index in [4.69, 9.17) is 5.11 Å². The van der Waals surface area contributed by atoms with Gasteiger partial charge < -0.3 is 10.2 Å². The molecule has 0 aliphatic carbocycles. The molecule has 1 aromatic rings. The summed E-state index contributed by atoms with van der Waals surface area (Å²) in [5.74, 6) is -1.28. The van der Waals surface area contributed by atoms with E-state index in [-0.39, 0.29) is 5.01 Å². The molecule has 0 radical (unpaired) electrons. The van der Waals surface area contributed by atoms with E-state index in [1.165, 1.54) is 13.1 Å². The Bertz CT molecular complexity index is 255. The zero-order valence-corrected chi connectivity index (χ0v) is 6.63. The quantitative estimate of drug-likeness (QED) is 0.680. The Morgan fingerprint density at radius 1 is 1.82 bits per heavy atom. The van der Waals surface area contributed by atoms with Gasteiger partial charge in [-0.1, -0.05) is 0 Å². The number of rotatable bonds is 2. The molecular weight excluding hydrogens is 166 g/mol. The van der Waals surface area contributed by atoms with E-state index >= 15 is 0 Å². The second-order valence-electron chi connectivity index (χ2n) is 2.21. The lowest BCUT2D eigenvalue weighted by Crippen LogP contribution is -2.31. The van der Waals surface area contributed by atoms with Gasteiger partial charge in [0.1, 0.15) is 5.01 Å². The average Bonchev–Trinajstić information content (AvgIpc) is 2.37. The molecule has 4 nitrogen and oxygen atoms in total. The van der Waals surface area contributed by atoms with Crippen LogP contribution < -0.4 is 0 Å². The van der Waals surface area contributed by atoms with Gasteiger partial charge in [-0.3, -0.25) is 0 Å². The van der Waals surface area contributed by atoms with Crippen molar-refractivity contribution >= 4 is 17.3 Å². The molecule has 60 valence electrons. The van der Waals surface area contributed by atoms with E-state index in [1.807, 2.05) is 0 Å². The highest BCUT2D eigenvalue weighted by Crippen LogP contribution is 2.22. The standard InChI is InChI=1S/C6H7NO3S/c1-6(10,5(8)9)4-7-2-3-11-4/h2-3,10H,1H3,(H,8,9). The largest absolute Gasteiger partial charge is 0.479 e. The van der Waals surface area contributed by atoms with Crippen molar-refractivity contribution in [3.8, 4) is 0 Å². The third-order valence-corrected chi connectivity index (χ3v) is 2.25. The molecule has 0 amide bonds. The Labute approximate surface area is 67.1 Å². The molecule has 0 fully saturated rings. The number of carbonyl (C=O) groups is 1. The molecule has 1 rings (SSSR count). The summed E-state index contributed by atoms with van der Waals surface area (Å²) in [6.07, 6.45) is 1.46. The summed E-state index contributed by atoms with van der Waals surface area (Å²) in [7, 11) is 0. The fraction of sp³-hybridized carbons (Fsp3) is 0.333. The number of aliphatic hydroxyl groups is 1. The molecule has 2 N–H and O–H groups in total. The maximum atomic E-state index is 10.4. The first-order chi connectivity index (χ1) is 5.05. The summed E-state index contributed by atoms with van der Waals surface area (Å²) >= 11 is 1.12. The molecule has 1 unspecified atom stereocenters. The monoisotopic (exact) mass is 173 g/mol. The SMILES string of the molecule is CC(O)(C(=O)O)c1nccs1. The number of carboxylic acids is 1. The van der Waals surface area contributed by atoms with Crippen LogP contribution in [0.15, 0.2) is 11.6 Å². The second kappa shape index (κ2) is 2.60. The Balaban J connectivity index is 3.00. The molecule has 0 saturated carbocycles. The Kier molecular flexibility index (Phi) is 1.92. The van der Waals surface area contributed by atoms with Gasteiger partial charge in [0, 0.05) is 11.6 Å². The van der Waals surface area contributed by atoms with Crippen LogP contribution in [0, 0.1) is 0 Å². The fourth-order valence-corrected chi connectivity index (χ4v) is 1.24. The summed E-state index contributed by atoms with van der Waals surface area (Å²) in [6, 6.07) is 0. The van der Waals surface area contributed by atoms with E-state index in [9.17, 15) is 9.90 Å². The highest BCUT2D eigenvalue weighted by atomic mass is 32.1. The molecule has 0 aliphatic rings. The predicted molar refractivity (Wildman–Crippen MR) is 39.3 cm³/mol. The lowest BCUT2D eigenvalue weighted by Gasteiger charge is -2.13. The molecule has 0 saturated heterocycles. The molecule has 5 heteroatoms. The van der Waals surface area contributed by atoms with Gasteiger partial charge in [-0.05, 0) is 6.92 Å². The van der Waals surface area contributed by atoms with Crippen molar-refractivity contribution in [1.82, 2.24) is 4.98 Å². The molecule has 0 aromatic carbocycles. The van der Waals surface area contributed by atoms with Crippen molar-refractivity contribution in [2.45, 2.75) is 12.5 Å². The highest BCUT2D eigenvalue weighted by Gasteiger charge is 2.34. The van der Waals surface area contributed by atoms with Crippen molar-refractivity contribution in [3.63, 3.8) is 0 Å². The molecule has 1 aromatic heterocycles. The van der Waals surface area contributed by atoms with E-state index in [0.717, 1.165) is 11.3 Å². The molecule has 1 heterocycles. The number of thiazole rings is 1. The molecule has 1 atom stereocenters. The van der Waals surface area contributed by atoms with Gasteiger partial charge in [-0.25, -0.2) is 9.78 Å². The van der Waals surface area contributed by atoms with Crippen molar-refractivity contribution in [3.05, 3.63) is 16.6 Å². The van der Waals surface area contributed by atoms with E-state index in [2.05, 4.69) is 4.98 Å². The molecule has 11 heavy (non-hydrogen) atoms. The molecule has 0 bridgehead atoms. The van der Waals surface area contributed by atoms with Crippen LogP contribution in [0.1, 0.15) is 11.9 Å². The fourth-order valence-electron chi connectivity index (χ4n) is 0.555. The first-order valence-electron chi connectivity index (χ1n) is 2.91. The van der Waals surface area contributed by atoms with Gasteiger partial charge in [0.25, 0.3) is 0 Å². The van der Waals surface area contributed by atoms with E-state index in [1.54, 1.807) is 5.38 Å². The zero-order chi connectivity index (χ0) is 8.48. The van der Waals surface area contributed by atoms with Gasteiger partial charge in [0.05, 0.1) is 0 Å². The van der Waals surface area contributed by atoms with Crippen LogP contribution in [0.3, 0.4) is 0 Å². The lowest BCUT2D eigenvalue weighted by molar-refractivity contribution is -0.157. The predicted octanol–water partition coefficient (Wildman–Crippen LogP) is 0.435. The molecule has 0 spiro atoms. The van der Waals surface area contributed by atoms with Gasteiger partial charge in [0.2, 0.25) is 5.60 Å². The summed E-state index contributed by atoms with van der Waals surface area (Å²) in [6.45, 7) is 1.20. The van der Waals surface area contributed by atoms with Crippen LogP contribution in [0.4, 0.5) is 0 Å². The zero-order valence-electron chi connectivity index (χ0n) is 5.81. The van der Waals surface area contributed by atoms with Crippen LogP contribution in [-0.4, -0.2) is 21.2 Å². The number of carboxylic acid groups (broad SMARTS) is 1. The van der Waals surface area contributed by atoms with E-state index in [0.29, 0.717) is 0 Å². The molecule has 0 aliphatic heterocycles. The van der Waals surface area contributed by atoms with Gasteiger partial charge in [-0.2, -0.15) is 0 Å². The molecular formula is C6H7NO3S. The number of nitrogens with zero attached hydrogens (tertiary/aromatic N) is 1. The number of aliphatic carboxylic acids is 1. The number of hydrogen-bond acceptors (Lipinski definition) is 4. The van der Waals surface area contributed by atoms with Crippen molar-refractivity contribution in [1.29, 1.82) is 0 Å². The second-order valence-corrected chi connectivity index (χ2v) is 3.11.